The van der Waals surface area contributed by atoms with Gasteiger partial charge in [-0.05, 0) is 33.3 Å². The van der Waals surface area contributed by atoms with Crippen LogP contribution in [0.2, 0.25) is 0 Å². The largest absolute Gasteiger partial charge is 0.496 e. The summed E-state index contributed by atoms with van der Waals surface area (Å²) >= 11 is 0. The second-order valence-electron chi connectivity index (χ2n) is 5.18. The average Bonchev–Trinajstić information content (AvgIpc) is 2.55. The molecule has 0 radical (unpaired) electrons. The molecule has 23 heavy (non-hydrogen) atoms. The van der Waals surface area contributed by atoms with Crippen molar-refractivity contribution >= 4 is 19.4 Å². The Hall–Kier alpha value is -2.06. The van der Waals surface area contributed by atoms with E-state index in [9.17, 15) is 4.79 Å². The van der Waals surface area contributed by atoms with Crippen LogP contribution in [0.4, 0.5) is 0 Å². The Morgan fingerprint density at radius 3 is 2.00 bits per heavy atom. The molecule has 0 aliphatic carbocycles. The normalized spacial score (nSPS) is 10.8. The van der Waals surface area contributed by atoms with E-state index in [2.05, 4.69) is 6.07 Å². The molecule has 122 valence electrons. The van der Waals surface area contributed by atoms with Gasteiger partial charge in [-0.1, -0.05) is 23.8 Å². The van der Waals surface area contributed by atoms with Crippen molar-refractivity contribution in [3.05, 3.63) is 47.0 Å². The zero-order chi connectivity index (χ0) is 17.0. The monoisotopic (exact) mass is 332 g/mol. The lowest BCUT2D eigenvalue weighted by Crippen LogP contribution is -2.08. The zero-order valence-corrected chi connectivity index (χ0v) is 15.0. The van der Waals surface area contributed by atoms with Crippen molar-refractivity contribution < 1.29 is 19.0 Å². The van der Waals surface area contributed by atoms with Gasteiger partial charge in [-0.15, -0.1) is 0 Å². The van der Waals surface area contributed by atoms with Gasteiger partial charge in [0.1, 0.15) is 22.8 Å². The first kappa shape index (κ1) is 17.3. The third-order valence-electron chi connectivity index (χ3n) is 3.57. The Balaban J connectivity index is 2.42. The van der Waals surface area contributed by atoms with E-state index in [1.807, 2.05) is 26.0 Å². The molecule has 0 aromatic heterocycles. The molecule has 4 nitrogen and oxygen atoms in total. The summed E-state index contributed by atoms with van der Waals surface area (Å²) in [4.78, 5) is 12.8. The van der Waals surface area contributed by atoms with Gasteiger partial charge < -0.3 is 14.2 Å². The molecule has 0 amide bonds. The molecule has 0 fully saturated rings. The molecule has 2 aromatic carbocycles. The van der Waals surface area contributed by atoms with Crippen LogP contribution >= 0.6 is 8.58 Å². The summed E-state index contributed by atoms with van der Waals surface area (Å²) in [6.07, 6.45) is 0. The predicted molar refractivity (Wildman–Crippen MR) is 94.3 cm³/mol. The molecule has 2 rings (SSSR count). The maximum Gasteiger partial charge on any atom is 0.193 e. The summed E-state index contributed by atoms with van der Waals surface area (Å²) in [5, 5.41) is 1.03. The molecule has 0 saturated carbocycles. The van der Waals surface area contributed by atoms with E-state index in [4.69, 9.17) is 14.2 Å². The number of benzene rings is 2. The third kappa shape index (κ3) is 3.83. The summed E-state index contributed by atoms with van der Waals surface area (Å²) in [6.45, 7) is 4.06. The van der Waals surface area contributed by atoms with Crippen LogP contribution in [-0.4, -0.2) is 26.9 Å². The summed E-state index contributed by atoms with van der Waals surface area (Å²) in [7, 11) is 4.64. The van der Waals surface area contributed by atoms with Gasteiger partial charge in [-0.25, -0.2) is 0 Å². The third-order valence-corrected chi connectivity index (χ3v) is 4.88. The molecule has 0 aliphatic heterocycles. The van der Waals surface area contributed by atoms with Crippen molar-refractivity contribution in [1.82, 2.24) is 0 Å². The molecule has 2 aromatic rings. The molecular formula is C18H21O4P. The van der Waals surface area contributed by atoms with Crippen LogP contribution in [0.25, 0.3) is 0 Å². The van der Waals surface area contributed by atoms with Crippen molar-refractivity contribution in [3.63, 3.8) is 0 Å². The van der Waals surface area contributed by atoms with Crippen LogP contribution in [-0.2, 0) is 0 Å². The van der Waals surface area contributed by atoms with Crippen LogP contribution in [0.15, 0.2) is 30.3 Å². The van der Waals surface area contributed by atoms with Crippen molar-refractivity contribution in [2.75, 3.05) is 21.3 Å². The first-order valence-electron chi connectivity index (χ1n) is 7.18. The summed E-state index contributed by atoms with van der Waals surface area (Å²) in [5.74, 6) is 1.51. The highest BCUT2D eigenvalue weighted by atomic mass is 31.1. The lowest BCUT2D eigenvalue weighted by Gasteiger charge is -2.15. The van der Waals surface area contributed by atoms with E-state index >= 15 is 0 Å². The Morgan fingerprint density at radius 2 is 1.52 bits per heavy atom. The topological polar surface area (TPSA) is 44.8 Å². The second-order valence-corrected chi connectivity index (χ2v) is 6.42. The number of hydrogen-bond acceptors (Lipinski definition) is 4. The molecule has 0 heterocycles. The quantitative estimate of drug-likeness (QED) is 0.760. The van der Waals surface area contributed by atoms with Crippen LogP contribution in [0.1, 0.15) is 21.5 Å². The van der Waals surface area contributed by atoms with E-state index in [0.29, 0.717) is 22.8 Å². The Morgan fingerprint density at radius 1 is 0.913 bits per heavy atom. The molecule has 0 bridgehead atoms. The van der Waals surface area contributed by atoms with E-state index in [-0.39, 0.29) is 14.1 Å². The molecule has 0 saturated heterocycles. The first-order valence-corrected chi connectivity index (χ1v) is 8.18. The van der Waals surface area contributed by atoms with Gasteiger partial charge in [0.15, 0.2) is 5.52 Å². The molecule has 1 atom stereocenters. The molecular weight excluding hydrogens is 311 g/mol. The van der Waals surface area contributed by atoms with E-state index in [1.54, 1.807) is 19.2 Å². The minimum atomic E-state index is -0.0201. The molecule has 0 N–H and O–H groups in total. The zero-order valence-electron chi connectivity index (χ0n) is 14.0. The van der Waals surface area contributed by atoms with E-state index < -0.39 is 0 Å². The second kappa shape index (κ2) is 7.47. The number of aryl methyl sites for hydroxylation is 2. The molecule has 0 spiro atoms. The van der Waals surface area contributed by atoms with E-state index in [1.165, 1.54) is 19.8 Å². The van der Waals surface area contributed by atoms with E-state index in [0.717, 1.165) is 10.9 Å². The Bertz CT molecular complexity index is 700. The highest BCUT2D eigenvalue weighted by Gasteiger charge is 2.21. The van der Waals surface area contributed by atoms with Gasteiger partial charge >= 0.3 is 0 Å². The number of carbonyl (C=O) groups is 1. The fraction of sp³-hybridized carbons (Fsp3) is 0.278. The van der Waals surface area contributed by atoms with Gasteiger partial charge in [0.2, 0.25) is 0 Å². The number of methoxy groups -OCH3 is 3. The summed E-state index contributed by atoms with van der Waals surface area (Å²) < 4.78 is 15.9. The Labute approximate surface area is 138 Å². The standard InChI is InChI=1S/C18H21O4P/c1-11-6-7-16(12(2)8-11)23-18(19)17-14(21-4)9-13(20-3)10-15(17)22-5/h6-10,23H,1-5H3. The fourth-order valence-corrected chi connectivity index (χ4v) is 3.42. The molecule has 1 unspecified atom stereocenters. The van der Waals surface area contributed by atoms with Crippen LogP contribution in [0.3, 0.4) is 0 Å². The van der Waals surface area contributed by atoms with Crippen LogP contribution < -0.4 is 19.5 Å². The highest BCUT2D eigenvalue weighted by Crippen LogP contribution is 2.38. The lowest BCUT2D eigenvalue weighted by molar-refractivity contribution is 0.108. The van der Waals surface area contributed by atoms with Gasteiger partial charge in [0.25, 0.3) is 0 Å². The maximum atomic E-state index is 12.8. The van der Waals surface area contributed by atoms with Crippen LogP contribution in [0, 0.1) is 13.8 Å². The smallest absolute Gasteiger partial charge is 0.193 e. The number of hydrogen-bond donors (Lipinski definition) is 0. The van der Waals surface area contributed by atoms with Crippen molar-refractivity contribution in [2.24, 2.45) is 0 Å². The van der Waals surface area contributed by atoms with Gasteiger partial charge in [-0.3, -0.25) is 4.79 Å². The maximum absolute atomic E-state index is 12.8. The summed E-state index contributed by atoms with van der Waals surface area (Å²) in [6, 6.07) is 9.50. The SMILES string of the molecule is COc1cc(OC)c(C(=O)Pc2ccc(C)cc2C)c(OC)c1. The van der Waals surface area contributed by atoms with Crippen molar-refractivity contribution in [3.8, 4) is 17.2 Å². The van der Waals surface area contributed by atoms with Crippen molar-refractivity contribution in [2.45, 2.75) is 13.8 Å². The number of carbonyl (C=O) groups excluding carboxylic acids is 1. The molecule has 5 heteroatoms. The van der Waals surface area contributed by atoms with Gasteiger partial charge in [0.05, 0.1) is 21.3 Å². The highest BCUT2D eigenvalue weighted by molar-refractivity contribution is 7.66. The number of ether oxygens (including phenoxy) is 3. The minimum absolute atomic E-state index is 0.00744. The van der Waals surface area contributed by atoms with Gasteiger partial charge in [0, 0.05) is 12.1 Å². The molecule has 0 aliphatic rings. The van der Waals surface area contributed by atoms with Gasteiger partial charge in [-0.2, -0.15) is 0 Å². The minimum Gasteiger partial charge on any atom is -0.496 e. The van der Waals surface area contributed by atoms with Crippen molar-refractivity contribution in [1.29, 1.82) is 0 Å². The number of rotatable bonds is 6. The predicted octanol–water partition coefficient (Wildman–Crippen LogP) is 3.47. The first-order chi connectivity index (χ1) is 11.0. The Kier molecular flexibility index (Phi) is 5.62. The van der Waals surface area contributed by atoms with Crippen LogP contribution in [0.5, 0.6) is 17.2 Å². The summed E-state index contributed by atoms with van der Waals surface area (Å²) in [5.41, 5.74) is 2.73. The fourth-order valence-electron chi connectivity index (χ4n) is 2.37. The lowest BCUT2D eigenvalue weighted by atomic mass is 10.1. The average molecular weight is 332 g/mol.